The van der Waals surface area contributed by atoms with Crippen molar-refractivity contribution < 1.29 is 9.47 Å². The fraction of sp³-hybridized carbons (Fsp3) is 0.148. The van der Waals surface area contributed by atoms with Gasteiger partial charge in [0.1, 0.15) is 11.5 Å². The van der Waals surface area contributed by atoms with E-state index < -0.39 is 0 Å². The SMILES string of the molecule is COc1ccc(CNc2ccc3ccc4ncc(-c5cnn(C)c5)cc4c(=O)c3c2)c(OC)c1. The summed E-state index contributed by atoms with van der Waals surface area (Å²) >= 11 is 0. The van der Waals surface area contributed by atoms with Crippen LogP contribution < -0.4 is 20.2 Å². The van der Waals surface area contributed by atoms with Gasteiger partial charge in [0.2, 0.25) is 0 Å². The van der Waals surface area contributed by atoms with Crippen molar-refractivity contribution in [3.63, 3.8) is 0 Å². The van der Waals surface area contributed by atoms with Gasteiger partial charge in [0.05, 0.1) is 25.9 Å². The van der Waals surface area contributed by atoms with Gasteiger partial charge in [-0.3, -0.25) is 14.5 Å². The quantitative estimate of drug-likeness (QED) is 0.400. The number of nitrogens with zero attached hydrogens (tertiary/aromatic N) is 3. The fourth-order valence-electron chi connectivity index (χ4n) is 4.04. The maximum absolute atomic E-state index is 13.6. The van der Waals surface area contributed by atoms with E-state index in [1.165, 1.54) is 0 Å². The summed E-state index contributed by atoms with van der Waals surface area (Å²) in [6.45, 7) is 0.541. The Morgan fingerprint density at radius 1 is 0.912 bits per heavy atom. The Hall–Kier alpha value is -4.39. The molecule has 5 rings (SSSR count). The fourth-order valence-corrected chi connectivity index (χ4v) is 4.04. The molecule has 0 aliphatic heterocycles. The Morgan fingerprint density at radius 3 is 2.53 bits per heavy atom. The van der Waals surface area contributed by atoms with Gasteiger partial charge in [-0.2, -0.15) is 5.10 Å². The van der Waals surface area contributed by atoms with Crippen LogP contribution in [0.15, 0.2) is 78.0 Å². The Balaban J connectivity index is 1.53. The van der Waals surface area contributed by atoms with Gasteiger partial charge < -0.3 is 14.8 Å². The van der Waals surface area contributed by atoms with Crippen molar-refractivity contribution >= 4 is 27.4 Å². The van der Waals surface area contributed by atoms with Crippen LogP contribution in [0.4, 0.5) is 5.69 Å². The molecule has 34 heavy (non-hydrogen) atoms. The second-order valence-corrected chi connectivity index (χ2v) is 8.06. The van der Waals surface area contributed by atoms with Crippen molar-refractivity contribution in [1.29, 1.82) is 0 Å². The third-order valence-electron chi connectivity index (χ3n) is 5.90. The van der Waals surface area contributed by atoms with Crippen LogP contribution >= 0.6 is 0 Å². The first-order valence-corrected chi connectivity index (χ1v) is 10.9. The lowest BCUT2D eigenvalue weighted by atomic mass is 10.1. The number of ether oxygens (including phenoxy) is 2. The molecule has 0 bridgehead atoms. The molecule has 0 atom stereocenters. The topological polar surface area (TPSA) is 78.3 Å². The number of aryl methyl sites for hydroxylation is 1. The summed E-state index contributed by atoms with van der Waals surface area (Å²) in [5.41, 5.74) is 4.21. The molecule has 7 nitrogen and oxygen atoms in total. The molecule has 0 saturated heterocycles. The minimum Gasteiger partial charge on any atom is -0.497 e. The molecule has 0 spiro atoms. The van der Waals surface area contributed by atoms with Gasteiger partial charge in [-0.1, -0.05) is 12.1 Å². The molecule has 3 aromatic carbocycles. The lowest BCUT2D eigenvalue weighted by molar-refractivity contribution is 0.391. The molecule has 1 N–H and O–H groups in total. The van der Waals surface area contributed by atoms with Crippen molar-refractivity contribution in [2.45, 2.75) is 6.54 Å². The minimum absolute atomic E-state index is 0.0566. The molecule has 0 aliphatic rings. The van der Waals surface area contributed by atoms with Crippen LogP contribution in [-0.4, -0.2) is 29.0 Å². The molecule has 0 aliphatic carbocycles. The van der Waals surface area contributed by atoms with E-state index in [1.807, 2.05) is 67.8 Å². The van der Waals surface area contributed by atoms with Crippen molar-refractivity contribution in [2.75, 3.05) is 19.5 Å². The molecular formula is C27H24N4O3. The summed E-state index contributed by atoms with van der Waals surface area (Å²) in [5, 5.41) is 9.69. The molecule has 0 fully saturated rings. The van der Waals surface area contributed by atoms with Crippen LogP contribution in [0, 0.1) is 0 Å². The van der Waals surface area contributed by atoms with E-state index in [2.05, 4.69) is 15.4 Å². The van der Waals surface area contributed by atoms with Gasteiger partial charge in [-0.25, -0.2) is 0 Å². The van der Waals surface area contributed by atoms with E-state index in [4.69, 9.17) is 9.47 Å². The van der Waals surface area contributed by atoms with Crippen molar-refractivity contribution in [3.8, 4) is 22.6 Å². The van der Waals surface area contributed by atoms with E-state index in [9.17, 15) is 4.79 Å². The van der Waals surface area contributed by atoms with Crippen LogP contribution in [0.3, 0.4) is 0 Å². The van der Waals surface area contributed by atoms with Crippen LogP contribution in [0.1, 0.15) is 5.56 Å². The maximum Gasteiger partial charge on any atom is 0.195 e. The minimum atomic E-state index is -0.0566. The van der Waals surface area contributed by atoms with Gasteiger partial charge in [0, 0.05) is 65.2 Å². The molecular weight excluding hydrogens is 428 g/mol. The average molecular weight is 453 g/mol. The maximum atomic E-state index is 13.6. The van der Waals surface area contributed by atoms with Crippen molar-refractivity contribution in [3.05, 3.63) is 89.0 Å². The van der Waals surface area contributed by atoms with Gasteiger partial charge >= 0.3 is 0 Å². The number of anilines is 1. The summed E-state index contributed by atoms with van der Waals surface area (Å²) in [4.78, 5) is 18.1. The summed E-state index contributed by atoms with van der Waals surface area (Å²) < 4.78 is 12.5. The first kappa shape index (κ1) is 21.5. The Bertz CT molecular complexity index is 1580. The van der Waals surface area contributed by atoms with Crippen molar-refractivity contribution in [2.24, 2.45) is 7.05 Å². The number of pyridine rings is 1. The van der Waals surface area contributed by atoms with Gasteiger partial charge in [0.25, 0.3) is 0 Å². The monoisotopic (exact) mass is 452 g/mol. The average Bonchev–Trinajstić information content (AvgIpc) is 3.26. The molecule has 170 valence electrons. The third kappa shape index (κ3) is 4.03. The number of hydrogen-bond acceptors (Lipinski definition) is 6. The van der Waals surface area contributed by atoms with E-state index in [0.29, 0.717) is 22.8 Å². The summed E-state index contributed by atoms with van der Waals surface area (Å²) in [6, 6.07) is 17.2. The zero-order valence-electron chi connectivity index (χ0n) is 19.2. The molecule has 0 amide bonds. The number of methoxy groups -OCH3 is 2. The van der Waals surface area contributed by atoms with Crippen LogP contribution in [0.2, 0.25) is 0 Å². The molecule has 0 saturated carbocycles. The normalized spacial score (nSPS) is 11.0. The lowest BCUT2D eigenvalue weighted by Crippen LogP contribution is -2.04. The predicted molar refractivity (Wildman–Crippen MR) is 135 cm³/mol. The molecule has 2 aromatic heterocycles. The largest absolute Gasteiger partial charge is 0.497 e. The van der Waals surface area contributed by atoms with E-state index >= 15 is 0 Å². The summed E-state index contributed by atoms with van der Waals surface area (Å²) in [6.07, 6.45) is 5.45. The molecule has 0 radical (unpaired) electrons. The molecule has 5 aromatic rings. The lowest BCUT2D eigenvalue weighted by Gasteiger charge is -2.12. The Kier molecular flexibility index (Phi) is 5.59. The first-order chi connectivity index (χ1) is 16.6. The Morgan fingerprint density at radius 2 is 1.76 bits per heavy atom. The number of fused-ring (bicyclic) bond motifs is 2. The first-order valence-electron chi connectivity index (χ1n) is 10.9. The van der Waals surface area contributed by atoms with Crippen LogP contribution in [-0.2, 0) is 13.6 Å². The van der Waals surface area contributed by atoms with Crippen LogP contribution in [0.5, 0.6) is 11.5 Å². The van der Waals surface area contributed by atoms with Crippen molar-refractivity contribution in [1.82, 2.24) is 14.8 Å². The van der Waals surface area contributed by atoms with Gasteiger partial charge in [-0.15, -0.1) is 0 Å². The standard InChI is InChI=1S/C27H24N4O3/c1-31-16-20(15-30-31)19-10-24-25(29-14-19)9-6-17-4-7-21(11-23(17)27(24)32)28-13-18-5-8-22(33-2)12-26(18)34-3/h4-12,14-16,28H,13H2,1-3H3. The highest BCUT2D eigenvalue weighted by Crippen LogP contribution is 2.26. The number of hydrogen-bond donors (Lipinski definition) is 1. The highest BCUT2D eigenvalue weighted by Gasteiger charge is 2.09. The second kappa shape index (κ2) is 8.86. The number of nitrogens with one attached hydrogen (secondary N) is 1. The molecule has 0 unspecified atom stereocenters. The number of benzene rings is 2. The summed E-state index contributed by atoms with van der Waals surface area (Å²) in [7, 11) is 5.12. The highest BCUT2D eigenvalue weighted by atomic mass is 16.5. The highest BCUT2D eigenvalue weighted by molar-refractivity contribution is 5.94. The zero-order chi connectivity index (χ0) is 23.7. The van der Waals surface area contributed by atoms with Crippen LogP contribution in [0.25, 0.3) is 32.8 Å². The summed E-state index contributed by atoms with van der Waals surface area (Å²) in [5.74, 6) is 1.48. The number of rotatable bonds is 6. The van der Waals surface area contributed by atoms with Gasteiger partial charge in [-0.05, 0) is 41.8 Å². The van der Waals surface area contributed by atoms with E-state index in [-0.39, 0.29) is 5.43 Å². The van der Waals surface area contributed by atoms with Gasteiger partial charge in [0.15, 0.2) is 5.43 Å². The third-order valence-corrected chi connectivity index (χ3v) is 5.90. The molecule has 2 heterocycles. The van der Waals surface area contributed by atoms with E-state index in [1.54, 1.807) is 31.3 Å². The smallest absolute Gasteiger partial charge is 0.195 e. The Labute approximate surface area is 196 Å². The molecule has 7 heteroatoms. The second-order valence-electron chi connectivity index (χ2n) is 8.06. The predicted octanol–water partition coefficient (Wildman–Crippen LogP) is 4.78. The zero-order valence-corrected chi connectivity index (χ0v) is 19.2. The van der Waals surface area contributed by atoms with E-state index in [0.717, 1.165) is 39.3 Å². The number of aromatic nitrogens is 3.